The average Bonchev–Trinajstić information content (AvgIpc) is 2.93. The molecule has 0 unspecified atom stereocenters. The highest BCUT2D eigenvalue weighted by atomic mass is 35.5. The highest BCUT2D eigenvalue weighted by Crippen LogP contribution is 2.20. The van der Waals surface area contributed by atoms with E-state index in [0.717, 1.165) is 11.4 Å². The minimum Gasteiger partial charge on any atom is -0.457 e. The van der Waals surface area contributed by atoms with Crippen molar-refractivity contribution in [2.45, 2.75) is 20.5 Å². The van der Waals surface area contributed by atoms with Crippen molar-refractivity contribution >= 4 is 17.6 Å². The SMILES string of the molecule is Cc1cc(C)n(-c2ccc(C(=O)OCc3c(F)cccc3Cl)cn2)n1. The number of rotatable bonds is 4. The number of aromatic nitrogens is 3. The first-order valence-electron chi connectivity index (χ1n) is 7.55. The van der Waals surface area contributed by atoms with Crippen molar-refractivity contribution in [2.75, 3.05) is 0 Å². The molecule has 0 bridgehead atoms. The topological polar surface area (TPSA) is 57.0 Å². The van der Waals surface area contributed by atoms with Crippen LogP contribution in [0.2, 0.25) is 5.02 Å². The number of carbonyl (C=O) groups is 1. The summed E-state index contributed by atoms with van der Waals surface area (Å²) >= 11 is 5.91. The summed E-state index contributed by atoms with van der Waals surface area (Å²) in [6.07, 6.45) is 1.40. The van der Waals surface area contributed by atoms with Crippen LogP contribution in [0.25, 0.3) is 5.82 Å². The summed E-state index contributed by atoms with van der Waals surface area (Å²) in [5, 5.41) is 4.55. The molecule has 128 valence electrons. The Bertz CT molecular complexity index is 902. The molecule has 0 atom stereocenters. The molecule has 0 amide bonds. The van der Waals surface area contributed by atoms with E-state index in [1.54, 1.807) is 22.9 Å². The van der Waals surface area contributed by atoms with E-state index in [2.05, 4.69) is 10.1 Å². The number of hydrogen-bond donors (Lipinski definition) is 0. The lowest BCUT2D eigenvalue weighted by Gasteiger charge is -2.08. The first-order chi connectivity index (χ1) is 12.0. The number of pyridine rings is 1. The molecular formula is C18H15ClFN3O2. The summed E-state index contributed by atoms with van der Waals surface area (Å²) in [4.78, 5) is 16.3. The van der Waals surface area contributed by atoms with Gasteiger partial charge in [0, 0.05) is 17.5 Å². The van der Waals surface area contributed by atoms with E-state index >= 15 is 0 Å². The Labute approximate surface area is 149 Å². The van der Waals surface area contributed by atoms with Crippen LogP contribution in [0.4, 0.5) is 4.39 Å². The van der Waals surface area contributed by atoms with Gasteiger partial charge in [0.25, 0.3) is 0 Å². The van der Waals surface area contributed by atoms with Crippen LogP contribution in [0.3, 0.4) is 0 Å². The van der Waals surface area contributed by atoms with Crippen LogP contribution in [0.15, 0.2) is 42.6 Å². The maximum absolute atomic E-state index is 13.7. The summed E-state index contributed by atoms with van der Waals surface area (Å²) in [6.45, 7) is 3.56. The quantitative estimate of drug-likeness (QED) is 0.660. The van der Waals surface area contributed by atoms with Crippen molar-refractivity contribution in [2.24, 2.45) is 0 Å². The first-order valence-corrected chi connectivity index (χ1v) is 7.93. The summed E-state index contributed by atoms with van der Waals surface area (Å²) in [6, 6.07) is 9.49. The van der Waals surface area contributed by atoms with Crippen molar-refractivity contribution in [1.82, 2.24) is 14.8 Å². The molecule has 0 fully saturated rings. The molecule has 2 aromatic heterocycles. The van der Waals surface area contributed by atoms with E-state index in [0.29, 0.717) is 5.82 Å². The largest absolute Gasteiger partial charge is 0.457 e. The smallest absolute Gasteiger partial charge is 0.340 e. The predicted octanol–water partition coefficient (Wildman–Crippen LogP) is 4.03. The Hall–Kier alpha value is -2.73. The summed E-state index contributed by atoms with van der Waals surface area (Å²) in [7, 11) is 0. The van der Waals surface area contributed by atoms with Gasteiger partial charge in [-0.3, -0.25) is 0 Å². The highest BCUT2D eigenvalue weighted by Gasteiger charge is 2.13. The van der Waals surface area contributed by atoms with Crippen LogP contribution in [-0.2, 0) is 11.3 Å². The Morgan fingerprint density at radius 2 is 2.08 bits per heavy atom. The lowest BCUT2D eigenvalue weighted by molar-refractivity contribution is 0.0468. The number of carbonyl (C=O) groups excluding carboxylic acids is 1. The second-order valence-corrected chi connectivity index (χ2v) is 5.93. The monoisotopic (exact) mass is 359 g/mol. The lowest BCUT2D eigenvalue weighted by Crippen LogP contribution is -2.08. The summed E-state index contributed by atoms with van der Waals surface area (Å²) < 4.78 is 20.5. The van der Waals surface area contributed by atoms with Crippen molar-refractivity contribution < 1.29 is 13.9 Å². The van der Waals surface area contributed by atoms with E-state index in [1.807, 2.05) is 19.9 Å². The Morgan fingerprint density at radius 3 is 2.68 bits per heavy atom. The van der Waals surface area contributed by atoms with Gasteiger partial charge in [-0.1, -0.05) is 17.7 Å². The molecule has 0 aliphatic rings. The number of aryl methyl sites for hydroxylation is 2. The fourth-order valence-electron chi connectivity index (χ4n) is 2.38. The molecule has 3 aromatic rings. The second-order valence-electron chi connectivity index (χ2n) is 5.52. The van der Waals surface area contributed by atoms with Gasteiger partial charge in [0.05, 0.1) is 16.3 Å². The zero-order valence-electron chi connectivity index (χ0n) is 13.7. The van der Waals surface area contributed by atoms with Gasteiger partial charge < -0.3 is 4.74 Å². The Kier molecular flexibility index (Phi) is 4.81. The van der Waals surface area contributed by atoms with Crippen LogP contribution >= 0.6 is 11.6 Å². The standard InChI is InChI=1S/C18H15ClFN3O2/c1-11-8-12(2)23(22-11)17-7-6-13(9-21-17)18(24)25-10-14-15(19)4-3-5-16(14)20/h3-9H,10H2,1-2H3. The van der Waals surface area contributed by atoms with Crippen LogP contribution in [0, 0.1) is 19.7 Å². The molecule has 5 nitrogen and oxygen atoms in total. The first kappa shape index (κ1) is 17.1. The van der Waals surface area contributed by atoms with Crippen LogP contribution < -0.4 is 0 Å². The third-order valence-corrected chi connectivity index (χ3v) is 3.97. The number of ether oxygens (including phenoxy) is 1. The van der Waals surface area contributed by atoms with E-state index in [9.17, 15) is 9.18 Å². The predicted molar refractivity (Wildman–Crippen MR) is 91.4 cm³/mol. The van der Waals surface area contributed by atoms with Gasteiger partial charge in [-0.2, -0.15) is 5.10 Å². The minimum absolute atomic E-state index is 0.143. The molecule has 7 heteroatoms. The molecule has 0 radical (unpaired) electrons. The fraction of sp³-hybridized carbons (Fsp3) is 0.167. The van der Waals surface area contributed by atoms with Gasteiger partial charge in [0.15, 0.2) is 5.82 Å². The van der Waals surface area contributed by atoms with E-state index in [4.69, 9.17) is 16.3 Å². The van der Waals surface area contributed by atoms with Gasteiger partial charge in [-0.25, -0.2) is 18.9 Å². The Balaban J connectivity index is 1.72. The number of esters is 1. The van der Waals surface area contributed by atoms with E-state index in [1.165, 1.54) is 18.3 Å². The van der Waals surface area contributed by atoms with Gasteiger partial charge in [0.2, 0.25) is 0 Å². The van der Waals surface area contributed by atoms with E-state index < -0.39 is 11.8 Å². The number of nitrogens with zero attached hydrogens (tertiary/aromatic N) is 3. The summed E-state index contributed by atoms with van der Waals surface area (Å²) in [5.74, 6) is -0.524. The lowest BCUT2D eigenvalue weighted by atomic mass is 10.2. The Morgan fingerprint density at radius 1 is 1.28 bits per heavy atom. The van der Waals surface area contributed by atoms with Crippen molar-refractivity contribution in [1.29, 1.82) is 0 Å². The number of halogens is 2. The third kappa shape index (κ3) is 3.69. The van der Waals surface area contributed by atoms with Crippen molar-refractivity contribution in [3.05, 3.63) is 75.9 Å². The van der Waals surface area contributed by atoms with Crippen LogP contribution in [-0.4, -0.2) is 20.7 Å². The number of hydrogen-bond acceptors (Lipinski definition) is 4. The van der Waals surface area contributed by atoms with E-state index in [-0.39, 0.29) is 22.8 Å². The zero-order valence-corrected chi connectivity index (χ0v) is 14.4. The normalized spacial score (nSPS) is 10.7. The maximum Gasteiger partial charge on any atom is 0.340 e. The second kappa shape index (κ2) is 7.03. The third-order valence-electron chi connectivity index (χ3n) is 3.62. The zero-order chi connectivity index (χ0) is 18.0. The molecule has 0 aliphatic heterocycles. The molecule has 1 aromatic carbocycles. The number of benzene rings is 1. The molecule has 3 rings (SSSR count). The van der Waals surface area contributed by atoms with Crippen molar-refractivity contribution in [3.63, 3.8) is 0 Å². The molecule has 25 heavy (non-hydrogen) atoms. The average molecular weight is 360 g/mol. The maximum atomic E-state index is 13.7. The molecule has 0 saturated heterocycles. The fourth-order valence-corrected chi connectivity index (χ4v) is 2.60. The highest BCUT2D eigenvalue weighted by molar-refractivity contribution is 6.31. The van der Waals surface area contributed by atoms with Gasteiger partial charge in [0.1, 0.15) is 12.4 Å². The van der Waals surface area contributed by atoms with Crippen LogP contribution in [0.5, 0.6) is 0 Å². The molecular weight excluding hydrogens is 345 g/mol. The van der Waals surface area contributed by atoms with Gasteiger partial charge in [-0.15, -0.1) is 0 Å². The minimum atomic E-state index is -0.605. The molecule has 2 heterocycles. The summed E-state index contributed by atoms with van der Waals surface area (Å²) in [5.41, 5.74) is 2.22. The molecule has 0 saturated carbocycles. The van der Waals surface area contributed by atoms with Crippen LogP contribution in [0.1, 0.15) is 27.3 Å². The van der Waals surface area contributed by atoms with Gasteiger partial charge >= 0.3 is 5.97 Å². The molecule has 0 aliphatic carbocycles. The molecule has 0 N–H and O–H groups in total. The van der Waals surface area contributed by atoms with Crippen molar-refractivity contribution in [3.8, 4) is 5.82 Å². The molecule has 0 spiro atoms. The van der Waals surface area contributed by atoms with Gasteiger partial charge in [-0.05, 0) is 44.2 Å².